The Morgan fingerprint density at radius 2 is 1.93 bits per heavy atom. The molecule has 7 nitrogen and oxygen atoms in total. The third-order valence-electron chi connectivity index (χ3n) is 4.47. The summed E-state index contributed by atoms with van der Waals surface area (Å²) in [6.07, 6.45) is 1.49. The summed E-state index contributed by atoms with van der Waals surface area (Å²) < 4.78 is 44.1. The van der Waals surface area contributed by atoms with Crippen LogP contribution in [-0.2, 0) is 14.8 Å². The van der Waals surface area contributed by atoms with Crippen molar-refractivity contribution in [3.63, 3.8) is 0 Å². The molecule has 0 amide bonds. The molecular formula is C21H23NO6S. The summed E-state index contributed by atoms with van der Waals surface area (Å²) in [4.78, 5) is 12.3. The highest BCUT2D eigenvalue weighted by Gasteiger charge is 2.28. The Balaban J connectivity index is 2.07. The minimum absolute atomic E-state index is 0.0316. The summed E-state index contributed by atoms with van der Waals surface area (Å²) in [6, 6.07) is 9.39. The maximum atomic E-state index is 13.4. The lowest BCUT2D eigenvalue weighted by molar-refractivity contribution is 0.0525. The van der Waals surface area contributed by atoms with Crippen molar-refractivity contribution in [1.29, 1.82) is 0 Å². The summed E-state index contributed by atoms with van der Waals surface area (Å²) in [5.41, 5.74) is 1.20. The zero-order chi connectivity index (χ0) is 21.0. The van der Waals surface area contributed by atoms with Crippen LogP contribution in [0.25, 0.3) is 0 Å². The molecule has 1 aliphatic rings. The van der Waals surface area contributed by atoms with Crippen LogP contribution in [0.2, 0.25) is 0 Å². The van der Waals surface area contributed by atoms with Crippen LogP contribution in [0.15, 0.2) is 53.9 Å². The van der Waals surface area contributed by atoms with E-state index in [1.807, 2.05) is 0 Å². The molecular weight excluding hydrogens is 394 g/mol. The first-order valence-corrected chi connectivity index (χ1v) is 10.6. The van der Waals surface area contributed by atoms with Crippen LogP contribution in [-0.4, -0.2) is 40.8 Å². The van der Waals surface area contributed by atoms with E-state index in [2.05, 4.69) is 6.58 Å². The average Bonchev–Trinajstić information content (AvgIpc) is 2.72. The Hall–Kier alpha value is -3.00. The van der Waals surface area contributed by atoms with E-state index in [9.17, 15) is 13.2 Å². The topological polar surface area (TPSA) is 82.1 Å². The Kier molecular flexibility index (Phi) is 6.12. The van der Waals surface area contributed by atoms with Gasteiger partial charge >= 0.3 is 5.97 Å². The number of anilines is 1. The maximum Gasteiger partial charge on any atom is 0.338 e. The van der Waals surface area contributed by atoms with E-state index in [0.29, 0.717) is 41.5 Å². The van der Waals surface area contributed by atoms with Crippen molar-refractivity contribution < 1.29 is 27.4 Å². The molecule has 0 radical (unpaired) electrons. The van der Waals surface area contributed by atoms with E-state index in [4.69, 9.17) is 14.2 Å². The summed E-state index contributed by atoms with van der Waals surface area (Å²) in [7, 11) is -3.95. The van der Waals surface area contributed by atoms with Gasteiger partial charge in [0.05, 0.1) is 29.3 Å². The highest BCUT2D eigenvalue weighted by molar-refractivity contribution is 7.92. The van der Waals surface area contributed by atoms with Crippen LogP contribution in [0.1, 0.15) is 22.8 Å². The lowest BCUT2D eigenvalue weighted by Gasteiger charge is -2.26. The summed E-state index contributed by atoms with van der Waals surface area (Å²) >= 11 is 0. The predicted octanol–water partition coefficient (Wildman–Crippen LogP) is 3.32. The van der Waals surface area contributed by atoms with E-state index in [1.54, 1.807) is 38.1 Å². The van der Waals surface area contributed by atoms with Gasteiger partial charge < -0.3 is 14.2 Å². The number of nitrogens with zero attached hydrogens (tertiary/aromatic N) is 1. The van der Waals surface area contributed by atoms with Crippen LogP contribution >= 0.6 is 0 Å². The molecule has 1 aliphatic heterocycles. The standard InChI is InChI=1S/C21H23NO6S/c1-4-11-22(18-8-6-7-17(15(18)3)21(23)26-5-2)29(24,25)16-9-10-19-20(14-16)28-13-12-27-19/h4,6-10,14H,1,5,11-13H2,2-3H3. The number of ether oxygens (including phenoxy) is 3. The average molecular weight is 417 g/mol. The molecule has 154 valence electrons. The van der Waals surface area contributed by atoms with Gasteiger partial charge in [-0.25, -0.2) is 13.2 Å². The number of carbonyl (C=O) groups excluding carboxylic acids is 1. The van der Waals surface area contributed by atoms with E-state index >= 15 is 0 Å². The molecule has 0 aliphatic carbocycles. The first kappa shape index (κ1) is 20.7. The van der Waals surface area contributed by atoms with E-state index < -0.39 is 16.0 Å². The van der Waals surface area contributed by atoms with E-state index in [-0.39, 0.29) is 18.0 Å². The van der Waals surface area contributed by atoms with Crippen molar-refractivity contribution in [1.82, 2.24) is 0 Å². The van der Waals surface area contributed by atoms with Gasteiger partial charge in [-0.1, -0.05) is 12.1 Å². The molecule has 0 spiro atoms. The molecule has 0 fully saturated rings. The molecule has 0 atom stereocenters. The molecule has 2 aromatic carbocycles. The van der Waals surface area contributed by atoms with Crippen molar-refractivity contribution >= 4 is 21.7 Å². The normalized spacial score (nSPS) is 12.9. The number of carbonyl (C=O) groups is 1. The molecule has 0 N–H and O–H groups in total. The van der Waals surface area contributed by atoms with Crippen molar-refractivity contribution in [3.8, 4) is 11.5 Å². The van der Waals surface area contributed by atoms with Crippen molar-refractivity contribution in [2.45, 2.75) is 18.7 Å². The summed E-state index contributed by atoms with van der Waals surface area (Å²) in [5, 5.41) is 0. The van der Waals surface area contributed by atoms with Gasteiger partial charge in [0.1, 0.15) is 13.2 Å². The second kappa shape index (κ2) is 8.57. The fourth-order valence-electron chi connectivity index (χ4n) is 3.08. The zero-order valence-electron chi connectivity index (χ0n) is 16.4. The Labute approximate surface area is 170 Å². The third-order valence-corrected chi connectivity index (χ3v) is 6.24. The van der Waals surface area contributed by atoms with Crippen molar-refractivity contribution in [2.24, 2.45) is 0 Å². The first-order chi connectivity index (χ1) is 13.9. The van der Waals surface area contributed by atoms with Gasteiger partial charge in [-0.3, -0.25) is 4.31 Å². The molecule has 0 bridgehead atoms. The Morgan fingerprint density at radius 1 is 1.21 bits per heavy atom. The van der Waals surface area contributed by atoms with Crippen LogP contribution < -0.4 is 13.8 Å². The summed E-state index contributed by atoms with van der Waals surface area (Å²) in [5.74, 6) is 0.390. The van der Waals surface area contributed by atoms with Gasteiger partial charge in [-0.15, -0.1) is 6.58 Å². The predicted molar refractivity (Wildman–Crippen MR) is 109 cm³/mol. The highest BCUT2D eigenvalue weighted by atomic mass is 32.2. The zero-order valence-corrected chi connectivity index (χ0v) is 17.2. The number of benzene rings is 2. The van der Waals surface area contributed by atoms with Gasteiger partial charge in [-0.05, 0) is 43.7 Å². The minimum Gasteiger partial charge on any atom is -0.486 e. The molecule has 3 rings (SSSR count). The molecule has 29 heavy (non-hydrogen) atoms. The van der Waals surface area contributed by atoms with Crippen LogP contribution in [0.3, 0.4) is 0 Å². The van der Waals surface area contributed by atoms with E-state index in [0.717, 1.165) is 0 Å². The molecule has 0 unspecified atom stereocenters. The number of hydrogen-bond donors (Lipinski definition) is 0. The number of esters is 1. The maximum absolute atomic E-state index is 13.4. The van der Waals surface area contributed by atoms with Gasteiger partial charge in [0.15, 0.2) is 11.5 Å². The lowest BCUT2D eigenvalue weighted by atomic mass is 10.1. The summed E-state index contributed by atoms with van der Waals surface area (Å²) in [6.45, 7) is 8.12. The number of fused-ring (bicyclic) bond motifs is 1. The number of rotatable bonds is 7. The van der Waals surface area contributed by atoms with Gasteiger partial charge in [0, 0.05) is 6.07 Å². The lowest BCUT2D eigenvalue weighted by Crippen LogP contribution is -2.32. The van der Waals surface area contributed by atoms with Crippen LogP contribution in [0, 0.1) is 6.92 Å². The van der Waals surface area contributed by atoms with Crippen molar-refractivity contribution in [2.75, 3.05) is 30.7 Å². The first-order valence-electron chi connectivity index (χ1n) is 9.20. The molecule has 8 heteroatoms. The van der Waals surface area contributed by atoms with Gasteiger partial charge in [-0.2, -0.15) is 0 Å². The monoisotopic (exact) mass is 417 g/mol. The third kappa shape index (κ3) is 4.07. The minimum atomic E-state index is -3.95. The fraction of sp³-hybridized carbons (Fsp3) is 0.286. The number of sulfonamides is 1. The van der Waals surface area contributed by atoms with Gasteiger partial charge in [0.25, 0.3) is 10.0 Å². The second-order valence-electron chi connectivity index (χ2n) is 6.30. The molecule has 0 saturated heterocycles. The molecule has 0 aromatic heterocycles. The second-order valence-corrected chi connectivity index (χ2v) is 8.16. The largest absolute Gasteiger partial charge is 0.486 e. The van der Waals surface area contributed by atoms with Crippen molar-refractivity contribution in [3.05, 3.63) is 60.2 Å². The molecule has 1 heterocycles. The van der Waals surface area contributed by atoms with Crippen LogP contribution in [0.4, 0.5) is 5.69 Å². The SMILES string of the molecule is C=CCN(c1cccc(C(=O)OCC)c1C)S(=O)(=O)c1ccc2c(c1)OCCO2. The quantitative estimate of drug-likeness (QED) is 0.508. The highest BCUT2D eigenvalue weighted by Crippen LogP contribution is 2.35. The molecule has 0 saturated carbocycles. The number of hydrogen-bond acceptors (Lipinski definition) is 6. The van der Waals surface area contributed by atoms with Crippen LogP contribution in [0.5, 0.6) is 11.5 Å². The Morgan fingerprint density at radius 3 is 2.62 bits per heavy atom. The Bertz CT molecular complexity index is 1030. The molecule has 2 aromatic rings. The fourth-order valence-corrected chi connectivity index (χ4v) is 4.59. The van der Waals surface area contributed by atoms with E-state index in [1.165, 1.54) is 22.5 Å². The smallest absolute Gasteiger partial charge is 0.338 e. The van der Waals surface area contributed by atoms with Gasteiger partial charge in [0.2, 0.25) is 0 Å².